The third-order valence-electron chi connectivity index (χ3n) is 8.62. The zero-order chi connectivity index (χ0) is 28.2. The molecule has 8 rings (SSSR count). The van der Waals surface area contributed by atoms with Gasteiger partial charge in [0.2, 0.25) is 0 Å². The number of hydrogen-bond acceptors (Lipinski definition) is 2. The van der Waals surface area contributed by atoms with Gasteiger partial charge in [-0.25, -0.2) is 0 Å². The number of carbonyl (C=O) groups is 1. The molecule has 1 N–H and O–H groups in total. The van der Waals surface area contributed by atoms with E-state index in [9.17, 15) is 9.90 Å². The van der Waals surface area contributed by atoms with Crippen LogP contribution in [-0.2, 0) is 0 Å². The second kappa shape index (κ2) is 9.57. The van der Waals surface area contributed by atoms with Crippen molar-refractivity contribution < 1.29 is 9.90 Å². The van der Waals surface area contributed by atoms with E-state index in [-0.39, 0.29) is 11.5 Å². The van der Waals surface area contributed by atoms with E-state index < -0.39 is 5.92 Å². The Morgan fingerprint density at radius 3 is 1.86 bits per heavy atom. The number of rotatable bonds is 3. The van der Waals surface area contributed by atoms with Crippen LogP contribution in [0.1, 0.15) is 33.0 Å². The molecule has 7 aromatic rings. The second-order valence-corrected chi connectivity index (χ2v) is 11.0. The Kier molecular flexibility index (Phi) is 5.55. The van der Waals surface area contributed by atoms with E-state index in [4.69, 9.17) is 0 Å². The first-order valence-corrected chi connectivity index (χ1v) is 14.2. The minimum Gasteiger partial charge on any atom is -0.507 e. The summed E-state index contributed by atoms with van der Waals surface area (Å²) in [5, 5.41) is 18.1. The summed E-state index contributed by atoms with van der Waals surface area (Å²) in [7, 11) is 0. The number of allylic oxidation sites excluding steroid dienone is 1. The molecule has 2 nitrogen and oxygen atoms in total. The lowest BCUT2D eigenvalue weighted by atomic mass is 9.72. The molecule has 0 aliphatic heterocycles. The van der Waals surface area contributed by atoms with Gasteiger partial charge in [-0.2, -0.15) is 0 Å². The molecule has 1 aliphatic carbocycles. The number of phenols is 1. The smallest absolute Gasteiger partial charge is 0.176 e. The van der Waals surface area contributed by atoms with Gasteiger partial charge in [-0.1, -0.05) is 133 Å². The van der Waals surface area contributed by atoms with Crippen LogP contribution in [0.3, 0.4) is 0 Å². The van der Waals surface area contributed by atoms with Crippen molar-refractivity contribution in [3.05, 3.63) is 162 Å². The predicted molar refractivity (Wildman–Crippen MR) is 174 cm³/mol. The molecule has 0 unspecified atom stereocenters. The zero-order valence-electron chi connectivity index (χ0n) is 22.8. The number of phenolic OH excluding ortho intramolecular Hbond substituents is 1. The van der Waals surface area contributed by atoms with Gasteiger partial charge in [-0.05, 0) is 66.9 Å². The molecule has 2 heteroatoms. The van der Waals surface area contributed by atoms with Crippen molar-refractivity contribution in [2.24, 2.45) is 0 Å². The maximum atomic E-state index is 15.0. The molecule has 0 aromatic heterocycles. The molecule has 0 heterocycles. The van der Waals surface area contributed by atoms with E-state index in [1.807, 2.05) is 109 Å². The molecule has 42 heavy (non-hydrogen) atoms. The third-order valence-corrected chi connectivity index (χ3v) is 8.62. The summed E-state index contributed by atoms with van der Waals surface area (Å²) in [5.41, 5.74) is 5.92. The van der Waals surface area contributed by atoms with Crippen molar-refractivity contribution in [2.75, 3.05) is 0 Å². The highest BCUT2D eigenvalue weighted by molar-refractivity contribution is 6.24. The first-order valence-electron chi connectivity index (χ1n) is 14.2. The Balaban J connectivity index is 1.52. The summed E-state index contributed by atoms with van der Waals surface area (Å²) in [5.74, 6) is -0.550. The predicted octanol–water partition coefficient (Wildman–Crippen LogP) is 10.0. The van der Waals surface area contributed by atoms with Crippen LogP contribution in [0.25, 0.3) is 55.1 Å². The maximum Gasteiger partial charge on any atom is 0.176 e. The first kappa shape index (κ1) is 24.3. The van der Waals surface area contributed by atoms with Crippen molar-refractivity contribution in [1.29, 1.82) is 0 Å². The average Bonchev–Trinajstić information content (AvgIpc) is 3.05. The molecule has 0 amide bonds. The molecule has 1 atom stereocenters. The van der Waals surface area contributed by atoms with Crippen LogP contribution < -0.4 is 0 Å². The Labute approximate surface area is 243 Å². The van der Waals surface area contributed by atoms with E-state index >= 15 is 0 Å². The normalized spacial score (nSPS) is 14.7. The molecule has 0 saturated heterocycles. The molecule has 0 bridgehead atoms. The molecule has 0 fully saturated rings. The zero-order valence-corrected chi connectivity index (χ0v) is 22.8. The molecule has 7 aromatic carbocycles. The SMILES string of the molecule is O=C1c2c(ccc3ccccc23)C=C(c2ccccc2)[C@H]1c1c(-c2ccccc2)cc2ccc3ccccc3c2c1O. The minimum absolute atomic E-state index is 0.00443. The average molecular weight is 539 g/mol. The van der Waals surface area contributed by atoms with Gasteiger partial charge in [-0.3, -0.25) is 4.79 Å². The van der Waals surface area contributed by atoms with E-state index in [1.165, 1.54) is 0 Å². The summed E-state index contributed by atoms with van der Waals surface area (Å²) < 4.78 is 0. The van der Waals surface area contributed by atoms with Crippen molar-refractivity contribution in [1.82, 2.24) is 0 Å². The molecular formula is C40H26O2. The van der Waals surface area contributed by atoms with Crippen LogP contribution in [0.15, 0.2) is 140 Å². The topological polar surface area (TPSA) is 37.3 Å². The number of Topliss-reactive ketones (excluding diaryl/α,β-unsaturated/α-hetero) is 1. The lowest BCUT2D eigenvalue weighted by molar-refractivity contribution is 0.0979. The van der Waals surface area contributed by atoms with Gasteiger partial charge in [0.1, 0.15) is 5.75 Å². The molecule has 0 spiro atoms. The Morgan fingerprint density at radius 1 is 0.548 bits per heavy atom. The summed E-state index contributed by atoms with van der Waals surface area (Å²) in [6.07, 6.45) is 2.14. The quantitative estimate of drug-likeness (QED) is 0.227. The lowest BCUT2D eigenvalue weighted by Gasteiger charge is -2.29. The van der Waals surface area contributed by atoms with Crippen LogP contribution in [0.4, 0.5) is 0 Å². The van der Waals surface area contributed by atoms with E-state index in [0.29, 0.717) is 11.1 Å². The highest BCUT2D eigenvalue weighted by atomic mass is 16.3. The minimum atomic E-state index is -0.704. The monoisotopic (exact) mass is 538 g/mol. The highest BCUT2D eigenvalue weighted by Gasteiger charge is 2.37. The van der Waals surface area contributed by atoms with E-state index in [2.05, 4.69) is 36.4 Å². The standard InChI is InChI=1S/C40H26O2/c41-39-35-29(21-19-27-15-7-9-17-31(27)35)23-33(25-11-3-1-4-12-25)37(39)38-34(26-13-5-2-6-14-26)24-30-22-20-28-16-8-10-18-32(28)36(30)40(38)42/h1-24,37,42H/t37-/m0/s1. The van der Waals surface area contributed by atoms with Gasteiger partial charge in [0.25, 0.3) is 0 Å². The lowest BCUT2D eigenvalue weighted by Crippen LogP contribution is -2.21. The highest BCUT2D eigenvalue weighted by Crippen LogP contribution is 2.51. The maximum absolute atomic E-state index is 15.0. The number of ketones is 1. The van der Waals surface area contributed by atoms with Gasteiger partial charge in [-0.15, -0.1) is 0 Å². The summed E-state index contributed by atoms with van der Waals surface area (Å²) >= 11 is 0. The molecule has 0 saturated carbocycles. The largest absolute Gasteiger partial charge is 0.507 e. The van der Waals surface area contributed by atoms with E-state index in [0.717, 1.165) is 60.1 Å². The molecule has 1 aliphatic rings. The van der Waals surface area contributed by atoms with Crippen LogP contribution in [-0.4, -0.2) is 10.9 Å². The fraction of sp³-hybridized carbons (Fsp3) is 0.0250. The fourth-order valence-electron chi connectivity index (χ4n) is 6.70. The molecular weight excluding hydrogens is 512 g/mol. The summed E-state index contributed by atoms with van der Waals surface area (Å²) in [6.45, 7) is 0. The van der Waals surface area contributed by atoms with Gasteiger partial charge < -0.3 is 5.11 Å². The molecule has 0 radical (unpaired) electrons. The van der Waals surface area contributed by atoms with Crippen LogP contribution >= 0.6 is 0 Å². The van der Waals surface area contributed by atoms with Crippen LogP contribution in [0.2, 0.25) is 0 Å². The summed E-state index contributed by atoms with van der Waals surface area (Å²) in [6, 6.07) is 46.7. The van der Waals surface area contributed by atoms with Crippen LogP contribution in [0.5, 0.6) is 5.75 Å². The number of carbonyl (C=O) groups excluding carboxylic acids is 1. The van der Waals surface area contributed by atoms with Crippen molar-refractivity contribution in [3.8, 4) is 16.9 Å². The van der Waals surface area contributed by atoms with Gasteiger partial charge >= 0.3 is 0 Å². The Bertz CT molecular complexity index is 2210. The Hall–Kier alpha value is -5.47. The van der Waals surface area contributed by atoms with Crippen molar-refractivity contribution in [2.45, 2.75) is 5.92 Å². The molecule has 198 valence electrons. The second-order valence-electron chi connectivity index (χ2n) is 11.0. The van der Waals surface area contributed by atoms with Gasteiger partial charge in [0, 0.05) is 16.5 Å². The Morgan fingerprint density at radius 2 is 1.12 bits per heavy atom. The van der Waals surface area contributed by atoms with Crippen molar-refractivity contribution >= 4 is 49.7 Å². The summed E-state index contributed by atoms with van der Waals surface area (Å²) in [4.78, 5) is 15.0. The van der Waals surface area contributed by atoms with Crippen LogP contribution in [0, 0.1) is 0 Å². The number of benzene rings is 7. The number of fused-ring (bicyclic) bond motifs is 6. The van der Waals surface area contributed by atoms with E-state index in [1.54, 1.807) is 0 Å². The van der Waals surface area contributed by atoms with Crippen molar-refractivity contribution in [3.63, 3.8) is 0 Å². The first-order chi connectivity index (χ1) is 20.7. The third kappa shape index (κ3) is 3.69. The number of aromatic hydroxyl groups is 1. The fourth-order valence-corrected chi connectivity index (χ4v) is 6.70. The van der Waals surface area contributed by atoms with Gasteiger partial charge in [0.15, 0.2) is 5.78 Å². The number of hydrogen-bond donors (Lipinski definition) is 1. The van der Waals surface area contributed by atoms with Gasteiger partial charge in [0.05, 0.1) is 5.92 Å².